The van der Waals surface area contributed by atoms with Gasteiger partial charge in [0, 0.05) is 155 Å². The molecular weight excluding hydrogens is 1450 g/mol. The summed E-state index contributed by atoms with van der Waals surface area (Å²) in [5.41, 5.74) is 23.4. The Balaban J connectivity index is 0.000000190. The number of nitro groups is 2. The van der Waals surface area contributed by atoms with Gasteiger partial charge in [-0.25, -0.2) is 4.99 Å². The molecular formula is C73H99Cl2IN14O5S3. The van der Waals surface area contributed by atoms with Crippen LogP contribution in [0.4, 0.5) is 22.7 Å². The number of halogens is 3. The van der Waals surface area contributed by atoms with E-state index in [0.29, 0.717) is 10.9 Å². The molecule has 0 spiro atoms. The second-order valence-corrected chi connectivity index (χ2v) is 27.6. The largest absolute Gasteiger partial charge is 0.399 e. The number of aryl methyl sites for hydroxylation is 4. The van der Waals surface area contributed by atoms with E-state index in [-0.39, 0.29) is 64.2 Å². The number of thiophene rings is 2. The molecule has 0 saturated carbocycles. The number of alkyl halides is 1. The van der Waals surface area contributed by atoms with Crippen LogP contribution in [0.5, 0.6) is 0 Å². The highest BCUT2D eigenvalue weighted by Crippen LogP contribution is 2.29. The number of non-ortho nitro benzene ring substituents is 2. The quantitative estimate of drug-likeness (QED) is 0.0115. The first-order valence-electron chi connectivity index (χ1n) is 33.5. The van der Waals surface area contributed by atoms with Gasteiger partial charge in [0.05, 0.1) is 25.3 Å². The molecule has 0 unspecified atom stereocenters. The summed E-state index contributed by atoms with van der Waals surface area (Å²) in [6.45, 7) is 27.8. The van der Waals surface area contributed by atoms with Crippen LogP contribution in [-0.4, -0.2) is 161 Å². The number of aromatic nitrogens is 4. The average molecular weight is 1550 g/mol. The van der Waals surface area contributed by atoms with Gasteiger partial charge in [0.2, 0.25) is 0 Å². The van der Waals surface area contributed by atoms with Crippen molar-refractivity contribution in [3.05, 3.63) is 185 Å². The summed E-state index contributed by atoms with van der Waals surface area (Å²) in [5.74, 6) is 1.37. The molecule has 4 saturated heterocycles. The first-order valence-corrected chi connectivity index (χ1v) is 37.0. The molecule has 7 N–H and O–H groups in total. The Kier molecular flexibility index (Phi) is 34.1. The summed E-state index contributed by atoms with van der Waals surface area (Å²) in [5, 5.41) is 45.2. The Morgan fingerprint density at radius 2 is 0.980 bits per heavy atom. The van der Waals surface area contributed by atoms with Crippen molar-refractivity contribution in [3.8, 4) is 0 Å². The fourth-order valence-corrected chi connectivity index (χ4v) is 14.8. The fraction of sp³-hybridized carbons (Fsp3) is 0.425. The highest BCUT2D eigenvalue weighted by molar-refractivity contribution is 14.0. The van der Waals surface area contributed by atoms with E-state index < -0.39 is 0 Å². The molecule has 0 aliphatic carbocycles. The van der Waals surface area contributed by atoms with Crippen LogP contribution >= 0.6 is 82.4 Å². The average Bonchev–Trinajstić information content (AvgIpc) is 1.69. The number of rotatable bonds is 16. The molecule has 4 aliphatic heterocycles. The maximum atomic E-state index is 10.8. The molecule has 25 heteroatoms. The summed E-state index contributed by atoms with van der Waals surface area (Å²) in [7, 11) is 0. The molecule has 4 aromatic carbocycles. The third-order valence-electron chi connectivity index (χ3n) is 17.6. The molecule has 0 bridgehead atoms. The van der Waals surface area contributed by atoms with E-state index in [1.807, 2.05) is 72.5 Å². The zero-order chi connectivity index (χ0) is 68.5. The van der Waals surface area contributed by atoms with Crippen molar-refractivity contribution in [2.45, 2.75) is 106 Å². The minimum Gasteiger partial charge on any atom is -0.399 e. The first-order chi connectivity index (χ1) is 46.4. The first kappa shape index (κ1) is 80.6. The second-order valence-electron chi connectivity index (χ2n) is 24.5. The topological polar surface area (TPSA) is 238 Å². The van der Waals surface area contributed by atoms with Gasteiger partial charge in [0.25, 0.3) is 11.4 Å². The van der Waals surface area contributed by atoms with Crippen LogP contribution in [-0.2, 0) is 19.6 Å². The molecule has 530 valence electrons. The number of benzene rings is 4. The number of nitrogens with zero attached hydrogens (tertiary/aromatic N) is 10. The summed E-state index contributed by atoms with van der Waals surface area (Å²) in [4.78, 5) is 40.3. The third-order valence-corrected chi connectivity index (χ3v) is 20.3. The number of aliphatic hydroxyl groups is 1. The number of nitro benzene ring substituents is 2. The summed E-state index contributed by atoms with van der Waals surface area (Å²) in [6, 6.07) is 38.8. The number of nitrogens with two attached hydrogens (primary N) is 2. The molecule has 0 radical (unpaired) electrons. The number of nitrogen functional groups attached to an aromatic ring is 1. The van der Waals surface area contributed by atoms with Crippen LogP contribution in [0.25, 0.3) is 43.6 Å². The van der Waals surface area contributed by atoms with Crippen LogP contribution in [0.3, 0.4) is 0 Å². The van der Waals surface area contributed by atoms with Crippen LogP contribution in [0, 0.1) is 53.3 Å². The highest BCUT2D eigenvalue weighted by atomic mass is 127. The van der Waals surface area contributed by atoms with Crippen LogP contribution in [0.2, 0.25) is 0 Å². The standard InChI is InChI=1S/C20H24N4S.C15H19N3O2.C15H21N3.C9H8N2O2.C6H12ClN.C6H7NS2.C2H6O.ClH.HI/c1-15-13-16-14-17(22-20(21)19-5-4-12-25-19)6-7-18(16)24(15)11-10-23-8-2-3-9-23;1-12-10-13-11-14(18(19)20)4-5-15(13)17(12)9-8-16-6-2-3-7-16;1-12-10-13-11-14(16)4-5-15(13)18(12)9-8-17-6-2-3-7-17;1-6-4-7-5-8(11(12)13)2-3-9(7)10-6;7-3-6-8-4-1-2-5-8;1-8-6(7)5-3-2-4-9-5;1-2-3;;/h4-7,12-14H,2-3,8-11H2,1H3,(H2,21,22);4-5,10-11H,2-3,6-9H2,1H3;4-5,10-11H,2-3,6-9,16H2,1H3;2-5,10H,1H3;1-6H2;2-4,7H,1H3;3H,2H2,1H3;2*1H. The number of fused-ring (bicyclic) bond motifs is 4. The number of aromatic amines is 1. The predicted molar refractivity (Wildman–Crippen MR) is 429 cm³/mol. The summed E-state index contributed by atoms with van der Waals surface area (Å²) >= 11 is 10.2. The number of thioether (sulfide) groups is 1. The Morgan fingerprint density at radius 3 is 1.41 bits per heavy atom. The van der Waals surface area contributed by atoms with Crippen molar-refractivity contribution >= 4 is 160 Å². The number of H-pyrrole nitrogens is 1. The van der Waals surface area contributed by atoms with Gasteiger partial charge in [-0.1, -0.05) is 12.1 Å². The highest BCUT2D eigenvalue weighted by Gasteiger charge is 2.18. The molecule has 0 amide bonds. The minimum absolute atomic E-state index is 0. The van der Waals surface area contributed by atoms with E-state index in [4.69, 9.17) is 33.6 Å². The number of aliphatic imine (C=N–C) groups is 1. The second kappa shape index (κ2) is 41.4. The molecule has 4 fully saturated rings. The Hall–Kier alpha value is -6.36. The lowest BCUT2D eigenvalue weighted by molar-refractivity contribution is -0.384. The molecule has 10 heterocycles. The Bertz CT molecular complexity index is 4090. The van der Waals surface area contributed by atoms with Gasteiger partial charge in [-0.3, -0.25) is 25.6 Å². The molecule has 0 atom stereocenters. The number of aliphatic hydroxyl groups excluding tert-OH is 1. The van der Waals surface area contributed by atoms with E-state index in [0.717, 1.165) is 100 Å². The van der Waals surface area contributed by atoms with Crippen molar-refractivity contribution in [2.24, 2.45) is 10.7 Å². The van der Waals surface area contributed by atoms with Gasteiger partial charge in [0.1, 0.15) is 10.9 Å². The van der Waals surface area contributed by atoms with E-state index >= 15 is 0 Å². The predicted octanol–water partition coefficient (Wildman–Crippen LogP) is 16.9. The van der Waals surface area contributed by atoms with Gasteiger partial charge in [-0.05, 0) is 240 Å². The molecule has 6 aromatic heterocycles. The molecule has 4 aliphatic rings. The lowest BCUT2D eigenvalue weighted by atomic mass is 10.2. The lowest BCUT2D eigenvalue weighted by Crippen LogP contribution is -2.24. The maximum Gasteiger partial charge on any atom is 0.270 e. The minimum atomic E-state index is -0.387. The van der Waals surface area contributed by atoms with Crippen LogP contribution in [0.15, 0.2) is 137 Å². The van der Waals surface area contributed by atoms with E-state index in [2.05, 4.69) is 107 Å². The zero-order valence-corrected chi connectivity index (χ0v) is 63.9. The van der Waals surface area contributed by atoms with Crippen molar-refractivity contribution in [1.29, 1.82) is 5.41 Å². The van der Waals surface area contributed by atoms with Gasteiger partial charge in [0.15, 0.2) is 0 Å². The zero-order valence-electron chi connectivity index (χ0n) is 57.5. The number of anilines is 1. The monoisotopic (exact) mass is 1540 g/mol. The van der Waals surface area contributed by atoms with Crippen LogP contribution in [0.1, 0.15) is 90.8 Å². The van der Waals surface area contributed by atoms with Gasteiger partial charge >= 0.3 is 0 Å². The van der Waals surface area contributed by atoms with Gasteiger partial charge < -0.3 is 54.9 Å². The maximum absolute atomic E-state index is 10.8. The molecule has 98 heavy (non-hydrogen) atoms. The Morgan fingerprint density at radius 1 is 0.582 bits per heavy atom. The SMILES string of the molecule is CCO.CSC(=N)c1cccs1.Cc1cc2cc(N)ccc2n1CCN1CCCC1.Cc1cc2cc(N=C(N)c3cccs3)ccc2n1CCN1CCCC1.Cc1cc2cc([N+](=O)[O-])ccc2[nH]1.Cc1cc2cc([N+](=O)[O-])ccc2n1CCN1CCCC1.Cl.ClCCN1CCCC1.I. The number of hydrogen-bond donors (Lipinski definition) is 5. The molecule has 14 rings (SSSR count). The van der Waals surface area contributed by atoms with Gasteiger partial charge in [-0.15, -0.1) is 82.4 Å². The molecule has 10 aromatic rings. The third kappa shape index (κ3) is 23.9. The number of nitrogens with one attached hydrogen (secondary N) is 2. The van der Waals surface area contributed by atoms with Gasteiger partial charge in [-0.2, -0.15) is 0 Å². The summed E-state index contributed by atoms with van der Waals surface area (Å²) in [6.07, 6.45) is 12.7. The van der Waals surface area contributed by atoms with Crippen molar-refractivity contribution in [1.82, 2.24) is 38.3 Å². The smallest absolute Gasteiger partial charge is 0.270 e. The lowest BCUT2D eigenvalue weighted by Gasteiger charge is -2.16. The number of hydrogen-bond acceptors (Lipinski definition) is 15. The van der Waals surface area contributed by atoms with E-state index in [9.17, 15) is 20.2 Å². The number of likely N-dealkylation sites (tertiary alicyclic amines) is 4. The van der Waals surface area contributed by atoms with Crippen molar-refractivity contribution < 1.29 is 15.0 Å². The van der Waals surface area contributed by atoms with Crippen molar-refractivity contribution in [3.63, 3.8) is 0 Å². The Labute approximate surface area is 617 Å². The summed E-state index contributed by atoms with van der Waals surface area (Å²) < 4.78 is 7.09. The normalized spacial score (nSPS) is 14.7. The fourth-order valence-electron chi connectivity index (χ4n) is 12.7. The van der Waals surface area contributed by atoms with E-state index in [1.165, 1.54) is 160 Å². The molecule has 19 nitrogen and oxygen atoms in total. The van der Waals surface area contributed by atoms with Crippen molar-refractivity contribution in [2.75, 3.05) is 103 Å². The number of amidine groups is 1. The van der Waals surface area contributed by atoms with Crippen LogP contribution < -0.4 is 11.5 Å². The van der Waals surface area contributed by atoms with E-state index in [1.54, 1.807) is 53.9 Å².